The summed E-state index contributed by atoms with van der Waals surface area (Å²) in [7, 11) is 1.38. The van der Waals surface area contributed by atoms with Crippen LogP contribution in [0, 0.1) is 11.2 Å². The van der Waals surface area contributed by atoms with Gasteiger partial charge in [0.15, 0.2) is 0 Å². The topological polar surface area (TPSA) is 71.2 Å². The van der Waals surface area contributed by atoms with Gasteiger partial charge in [-0.2, -0.15) is 5.10 Å². The summed E-state index contributed by atoms with van der Waals surface area (Å²) in [5.74, 6) is 2.37. The van der Waals surface area contributed by atoms with Crippen molar-refractivity contribution in [1.29, 1.82) is 5.26 Å². The number of benzene rings is 1. The monoisotopic (exact) mass is 324 g/mol. The van der Waals surface area contributed by atoms with Gasteiger partial charge in [-0.1, -0.05) is 6.82 Å². The molecule has 1 fully saturated rings. The lowest BCUT2D eigenvalue weighted by Crippen LogP contribution is -2.22. The van der Waals surface area contributed by atoms with Crippen LogP contribution in [0.4, 0.5) is 5.69 Å². The molecule has 3 rings (SSSR count). The highest BCUT2D eigenvalue weighted by Crippen LogP contribution is 2.35. The van der Waals surface area contributed by atoms with Crippen LogP contribution in [0.3, 0.4) is 0 Å². The quantitative estimate of drug-likeness (QED) is 0.638. The van der Waals surface area contributed by atoms with Crippen LogP contribution < -0.4 is 4.90 Å². The van der Waals surface area contributed by atoms with Crippen LogP contribution in [-0.2, 0) is 11.3 Å². The van der Waals surface area contributed by atoms with Crippen molar-refractivity contribution in [2.75, 3.05) is 25.1 Å². The van der Waals surface area contributed by atoms with Gasteiger partial charge in [-0.15, -0.1) is 0 Å². The number of aromatic nitrogens is 2. The van der Waals surface area contributed by atoms with Crippen LogP contribution >= 0.6 is 0 Å². The van der Waals surface area contributed by atoms with Gasteiger partial charge >= 0.3 is 5.97 Å². The van der Waals surface area contributed by atoms with E-state index >= 15 is 0 Å². The molecule has 1 atom stereocenters. The molecule has 0 saturated carbocycles. The Kier molecular flexibility index (Phi) is 4.47. The molecule has 0 spiro atoms. The number of nitriles is 1. The number of aryl methyl sites for hydroxylation is 1. The zero-order valence-corrected chi connectivity index (χ0v) is 14.3. The maximum absolute atomic E-state index is 12.0. The van der Waals surface area contributed by atoms with E-state index in [0.29, 0.717) is 16.9 Å². The summed E-state index contributed by atoms with van der Waals surface area (Å²) < 4.78 is 6.72. The Morgan fingerprint density at radius 2 is 2.33 bits per heavy atom. The van der Waals surface area contributed by atoms with Crippen molar-refractivity contribution in [1.82, 2.24) is 9.78 Å². The van der Waals surface area contributed by atoms with Crippen molar-refractivity contribution in [2.24, 2.45) is 0 Å². The summed E-state index contributed by atoms with van der Waals surface area (Å²) in [5.41, 5.74) is 2.24. The number of fused-ring (bicyclic) bond motifs is 1. The van der Waals surface area contributed by atoms with Crippen molar-refractivity contribution >= 4 is 29.3 Å². The van der Waals surface area contributed by atoms with Crippen LogP contribution in [0.1, 0.15) is 23.7 Å². The second kappa shape index (κ2) is 6.56. The molecule has 1 aliphatic heterocycles. The minimum absolute atomic E-state index is 0.0539. The average Bonchev–Trinajstić information content (AvgIpc) is 3.26. The van der Waals surface area contributed by atoms with E-state index < -0.39 is 0 Å². The zero-order valence-electron chi connectivity index (χ0n) is 14.3. The second-order valence-corrected chi connectivity index (χ2v) is 6.28. The summed E-state index contributed by atoms with van der Waals surface area (Å²) in [6.07, 6.45) is 3.00. The van der Waals surface area contributed by atoms with E-state index in [1.165, 1.54) is 7.11 Å². The van der Waals surface area contributed by atoms with E-state index in [1.54, 1.807) is 6.07 Å². The number of methoxy groups -OCH3 is 1. The second-order valence-electron chi connectivity index (χ2n) is 6.28. The maximum Gasteiger partial charge on any atom is 0.340 e. The number of nitrogens with zero attached hydrogens (tertiary/aromatic N) is 4. The minimum atomic E-state index is -0.370. The fourth-order valence-corrected chi connectivity index (χ4v) is 3.37. The van der Waals surface area contributed by atoms with Crippen molar-refractivity contribution < 1.29 is 9.53 Å². The Labute approximate surface area is 142 Å². The first-order valence-electron chi connectivity index (χ1n) is 8.32. The predicted octanol–water partition coefficient (Wildman–Crippen LogP) is 2.61. The van der Waals surface area contributed by atoms with Crippen LogP contribution in [-0.4, -0.2) is 42.7 Å². The van der Waals surface area contributed by atoms with Crippen LogP contribution in [0.2, 0.25) is 12.6 Å². The number of esters is 1. The van der Waals surface area contributed by atoms with Gasteiger partial charge in [0, 0.05) is 42.9 Å². The molecule has 0 bridgehead atoms. The highest BCUT2D eigenvalue weighted by Gasteiger charge is 2.31. The fraction of sp³-hybridized carbons (Fsp3) is 0.471. The summed E-state index contributed by atoms with van der Waals surface area (Å²) in [5, 5.41) is 14.7. The van der Waals surface area contributed by atoms with Gasteiger partial charge in [-0.05, 0) is 31.3 Å². The highest BCUT2D eigenvalue weighted by molar-refractivity contribution is 6.67. The summed E-state index contributed by atoms with van der Waals surface area (Å²) in [4.78, 5) is 14.3. The van der Waals surface area contributed by atoms with Gasteiger partial charge in [0.2, 0.25) is 0 Å². The molecule has 1 unspecified atom stereocenters. The van der Waals surface area contributed by atoms with E-state index in [0.717, 1.165) is 37.1 Å². The van der Waals surface area contributed by atoms with Crippen molar-refractivity contribution in [2.45, 2.75) is 32.5 Å². The number of carbonyl (C=O) groups excluding carboxylic acids is 1. The van der Waals surface area contributed by atoms with E-state index in [2.05, 4.69) is 16.0 Å². The first-order chi connectivity index (χ1) is 11.6. The van der Waals surface area contributed by atoms with Gasteiger partial charge in [-0.25, -0.2) is 10.1 Å². The number of hydrogen-bond acceptors (Lipinski definition) is 5. The van der Waals surface area contributed by atoms with Crippen molar-refractivity contribution in [3.05, 3.63) is 23.9 Å². The Bertz CT molecular complexity index is 811. The summed E-state index contributed by atoms with van der Waals surface area (Å²) >= 11 is 0. The van der Waals surface area contributed by atoms with E-state index in [9.17, 15) is 4.79 Å². The predicted molar refractivity (Wildman–Crippen MR) is 94.6 cm³/mol. The molecule has 2 aromatic rings. The molecule has 0 aliphatic carbocycles. The number of hydrogen-bond donors (Lipinski definition) is 0. The van der Waals surface area contributed by atoms with Crippen LogP contribution in [0.15, 0.2) is 18.3 Å². The lowest BCUT2D eigenvalue weighted by atomic mass is 9.44. The number of rotatable bonds is 4. The molecule has 0 radical (unpaired) electrons. The Morgan fingerprint density at radius 1 is 1.54 bits per heavy atom. The third-order valence-corrected chi connectivity index (χ3v) is 4.91. The lowest BCUT2D eigenvalue weighted by Gasteiger charge is -2.20. The molecule has 1 saturated heterocycles. The Balaban J connectivity index is 2.02. The normalized spacial score (nSPS) is 17.1. The van der Waals surface area contributed by atoms with Gasteiger partial charge in [-0.3, -0.25) is 4.68 Å². The molecule has 0 N–H and O–H groups in total. The number of carbonyl (C=O) groups is 1. The molecule has 1 aliphatic rings. The molecule has 1 aromatic carbocycles. The van der Waals surface area contributed by atoms with Gasteiger partial charge < -0.3 is 9.64 Å². The third-order valence-electron chi connectivity index (χ3n) is 4.91. The van der Waals surface area contributed by atoms with Gasteiger partial charge in [0.25, 0.3) is 6.71 Å². The van der Waals surface area contributed by atoms with Crippen molar-refractivity contribution in [3.8, 4) is 5.97 Å². The first-order valence-corrected chi connectivity index (χ1v) is 8.32. The average molecular weight is 324 g/mol. The van der Waals surface area contributed by atoms with Gasteiger partial charge in [0.05, 0.1) is 12.7 Å². The molecule has 124 valence electrons. The standard InChI is InChI=1S/C17H21BN4O2/c1-4-22-10-14-15(21-8-7-12(9-21)18(2)11-19)6-5-13(16(14)20-22)17(23)24-3/h5-6,10,12H,4,7-9H2,1-3H3. The van der Waals surface area contributed by atoms with E-state index in [-0.39, 0.29) is 12.7 Å². The largest absolute Gasteiger partial charge is 0.465 e. The third kappa shape index (κ3) is 2.73. The summed E-state index contributed by atoms with van der Waals surface area (Å²) in [6.45, 7) is 6.57. The highest BCUT2D eigenvalue weighted by atomic mass is 16.5. The molecule has 2 heterocycles. The zero-order chi connectivity index (χ0) is 17.3. The molecule has 0 amide bonds. The van der Waals surface area contributed by atoms with Crippen LogP contribution in [0.5, 0.6) is 0 Å². The Hall–Kier alpha value is -2.49. The van der Waals surface area contributed by atoms with E-state index in [1.807, 2.05) is 30.7 Å². The Morgan fingerprint density at radius 3 is 3.00 bits per heavy atom. The molecular weight excluding hydrogens is 303 g/mol. The first kappa shape index (κ1) is 16.4. The smallest absolute Gasteiger partial charge is 0.340 e. The van der Waals surface area contributed by atoms with Crippen molar-refractivity contribution in [3.63, 3.8) is 0 Å². The lowest BCUT2D eigenvalue weighted by molar-refractivity contribution is 0.0602. The maximum atomic E-state index is 12.0. The molecule has 24 heavy (non-hydrogen) atoms. The number of ether oxygens (including phenoxy) is 1. The number of anilines is 1. The molecule has 6 nitrogen and oxygen atoms in total. The van der Waals surface area contributed by atoms with Crippen LogP contribution in [0.25, 0.3) is 10.9 Å². The molecule has 1 aromatic heterocycles. The molecular formula is C17H21BN4O2. The molecule has 7 heteroatoms. The minimum Gasteiger partial charge on any atom is -0.465 e. The van der Waals surface area contributed by atoms with E-state index in [4.69, 9.17) is 10.00 Å². The fourth-order valence-electron chi connectivity index (χ4n) is 3.37. The SMILES string of the molecule is CCn1cc2c(N3CCC(B(C)C#N)C3)ccc(C(=O)OC)c2n1. The van der Waals surface area contributed by atoms with Gasteiger partial charge in [0.1, 0.15) is 5.52 Å². The summed E-state index contributed by atoms with van der Waals surface area (Å²) in [6, 6.07) is 3.76.